The lowest BCUT2D eigenvalue weighted by molar-refractivity contribution is -0.148. The van der Waals surface area contributed by atoms with Crippen molar-refractivity contribution in [2.45, 2.75) is 64.6 Å². The maximum Gasteiger partial charge on any atom is 0.302 e. The van der Waals surface area contributed by atoms with E-state index >= 15 is 0 Å². The van der Waals surface area contributed by atoms with E-state index < -0.39 is 0 Å². The minimum absolute atomic E-state index is 0.0820. The van der Waals surface area contributed by atoms with Crippen molar-refractivity contribution in [1.82, 2.24) is 25.5 Å². The Hall–Kier alpha value is -3.95. The molecular formula is C27H33N5O5. The maximum atomic E-state index is 13.4. The first kappa shape index (κ1) is 26.1. The number of hydrogen-bond acceptors (Lipinski definition) is 8. The number of benzene rings is 2. The summed E-state index contributed by atoms with van der Waals surface area (Å²) in [6.07, 6.45) is 1.70. The highest BCUT2D eigenvalue weighted by Crippen LogP contribution is 2.39. The van der Waals surface area contributed by atoms with Crippen molar-refractivity contribution in [3.63, 3.8) is 0 Å². The third-order valence-electron chi connectivity index (χ3n) is 6.49. The van der Waals surface area contributed by atoms with Crippen LogP contribution in [0.2, 0.25) is 0 Å². The predicted octanol–water partition coefficient (Wildman–Crippen LogP) is 3.77. The Balaban J connectivity index is 1.58. The first-order valence-electron chi connectivity index (χ1n) is 12.6. The predicted molar refractivity (Wildman–Crippen MR) is 136 cm³/mol. The van der Waals surface area contributed by atoms with Gasteiger partial charge in [0.25, 0.3) is 5.91 Å². The van der Waals surface area contributed by atoms with Crippen molar-refractivity contribution in [3.05, 3.63) is 53.6 Å². The summed E-state index contributed by atoms with van der Waals surface area (Å²) in [7, 11) is 1.60. The number of aryl methyl sites for hydroxylation is 1. The van der Waals surface area contributed by atoms with E-state index in [0.717, 1.165) is 11.1 Å². The Labute approximate surface area is 216 Å². The van der Waals surface area contributed by atoms with Crippen LogP contribution in [-0.2, 0) is 16.1 Å². The van der Waals surface area contributed by atoms with Gasteiger partial charge in [-0.05, 0) is 68.2 Å². The Morgan fingerprint density at radius 2 is 1.95 bits per heavy atom. The van der Waals surface area contributed by atoms with E-state index in [1.807, 2.05) is 44.2 Å². The molecule has 0 spiro atoms. The average molecular weight is 508 g/mol. The van der Waals surface area contributed by atoms with Gasteiger partial charge in [-0.15, -0.1) is 10.2 Å². The molecule has 10 heteroatoms. The number of aromatic nitrogens is 4. The zero-order chi connectivity index (χ0) is 26.4. The van der Waals surface area contributed by atoms with Crippen LogP contribution in [0.5, 0.6) is 11.5 Å². The fourth-order valence-electron chi connectivity index (χ4n) is 4.75. The minimum atomic E-state index is -0.304. The Morgan fingerprint density at radius 3 is 2.65 bits per heavy atom. The first-order chi connectivity index (χ1) is 17.9. The van der Waals surface area contributed by atoms with Gasteiger partial charge in [0, 0.05) is 30.0 Å². The third-order valence-corrected chi connectivity index (χ3v) is 6.49. The summed E-state index contributed by atoms with van der Waals surface area (Å²) < 4.78 is 16.8. The smallest absolute Gasteiger partial charge is 0.302 e. The first-order valence-corrected chi connectivity index (χ1v) is 12.6. The number of carbonyl (C=O) groups is 2. The molecule has 3 unspecified atom stereocenters. The number of ether oxygens (including phenoxy) is 3. The lowest BCUT2D eigenvalue weighted by Gasteiger charge is -2.36. The lowest BCUT2D eigenvalue weighted by atomic mass is 9.78. The monoisotopic (exact) mass is 507 g/mol. The highest BCUT2D eigenvalue weighted by Gasteiger charge is 2.34. The normalized spacial score (nSPS) is 19.2. The summed E-state index contributed by atoms with van der Waals surface area (Å²) >= 11 is 0. The van der Waals surface area contributed by atoms with Crippen LogP contribution in [0.25, 0.3) is 11.4 Å². The summed E-state index contributed by atoms with van der Waals surface area (Å²) in [5.74, 6) is 1.18. The fraction of sp³-hybridized carbons (Fsp3) is 0.444. The molecule has 1 fully saturated rings. The third kappa shape index (κ3) is 6.25. The van der Waals surface area contributed by atoms with Crippen molar-refractivity contribution in [3.8, 4) is 22.9 Å². The van der Waals surface area contributed by atoms with Crippen molar-refractivity contribution in [2.24, 2.45) is 0 Å². The Morgan fingerprint density at radius 1 is 1.11 bits per heavy atom. The van der Waals surface area contributed by atoms with Crippen LogP contribution in [-0.4, -0.2) is 57.9 Å². The van der Waals surface area contributed by atoms with Gasteiger partial charge in [-0.25, -0.2) is 0 Å². The van der Waals surface area contributed by atoms with E-state index in [-0.39, 0.29) is 29.9 Å². The molecule has 37 heavy (non-hydrogen) atoms. The summed E-state index contributed by atoms with van der Waals surface area (Å²) in [5.41, 5.74) is 2.22. The molecule has 1 N–H and O–H groups in total. The Bertz CT molecular complexity index is 1240. The van der Waals surface area contributed by atoms with Gasteiger partial charge < -0.3 is 19.5 Å². The number of tetrazole rings is 1. The average Bonchev–Trinajstić information content (AvgIpc) is 3.39. The van der Waals surface area contributed by atoms with E-state index in [0.29, 0.717) is 55.3 Å². The minimum Gasteiger partial charge on any atom is -0.493 e. The second-order valence-corrected chi connectivity index (χ2v) is 8.96. The van der Waals surface area contributed by atoms with Gasteiger partial charge in [0.15, 0.2) is 11.5 Å². The van der Waals surface area contributed by atoms with Crippen molar-refractivity contribution >= 4 is 11.9 Å². The Kier molecular flexibility index (Phi) is 8.37. The second-order valence-electron chi connectivity index (χ2n) is 8.96. The van der Waals surface area contributed by atoms with Gasteiger partial charge in [-0.1, -0.05) is 18.2 Å². The van der Waals surface area contributed by atoms with Gasteiger partial charge in [0.1, 0.15) is 6.10 Å². The van der Waals surface area contributed by atoms with Crippen LogP contribution in [0, 0.1) is 0 Å². The van der Waals surface area contributed by atoms with E-state index in [2.05, 4.69) is 20.7 Å². The van der Waals surface area contributed by atoms with E-state index in [1.165, 1.54) is 11.7 Å². The van der Waals surface area contributed by atoms with Gasteiger partial charge >= 0.3 is 5.97 Å². The summed E-state index contributed by atoms with van der Waals surface area (Å²) in [6.45, 7) is 6.38. The zero-order valence-corrected chi connectivity index (χ0v) is 21.6. The number of hydrogen-bond donors (Lipinski definition) is 1. The number of carbonyl (C=O) groups excluding carboxylic acids is 2. The molecule has 3 atom stereocenters. The molecule has 0 bridgehead atoms. The van der Waals surface area contributed by atoms with Crippen molar-refractivity contribution in [1.29, 1.82) is 0 Å². The molecular weight excluding hydrogens is 474 g/mol. The van der Waals surface area contributed by atoms with Crippen LogP contribution in [0.3, 0.4) is 0 Å². The SMILES string of the molecule is CCOc1cc(C2CC(OC(C)=O)CCC2NC(=O)c2cccc(-c3nnn(CC)n3)c2)ccc1OC. The summed E-state index contributed by atoms with van der Waals surface area (Å²) in [5, 5.41) is 15.6. The van der Waals surface area contributed by atoms with E-state index in [1.54, 1.807) is 19.2 Å². The van der Waals surface area contributed by atoms with Crippen LogP contribution in [0.4, 0.5) is 0 Å². The quantitative estimate of drug-likeness (QED) is 0.435. The van der Waals surface area contributed by atoms with Crippen LogP contribution >= 0.6 is 0 Å². The van der Waals surface area contributed by atoms with Crippen LogP contribution in [0.15, 0.2) is 42.5 Å². The van der Waals surface area contributed by atoms with E-state index in [9.17, 15) is 9.59 Å². The topological polar surface area (TPSA) is 117 Å². The molecule has 10 nitrogen and oxygen atoms in total. The number of methoxy groups -OCH3 is 1. The fourth-order valence-corrected chi connectivity index (χ4v) is 4.75. The number of esters is 1. The summed E-state index contributed by atoms with van der Waals surface area (Å²) in [6, 6.07) is 12.8. The van der Waals surface area contributed by atoms with Crippen LogP contribution < -0.4 is 14.8 Å². The van der Waals surface area contributed by atoms with Gasteiger partial charge in [0.05, 0.1) is 20.3 Å². The van der Waals surface area contributed by atoms with E-state index in [4.69, 9.17) is 14.2 Å². The highest BCUT2D eigenvalue weighted by atomic mass is 16.5. The molecule has 2 aromatic carbocycles. The van der Waals surface area contributed by atoms with Gasteiger partial charge in [-0.3, -0.25) is 9.59 Å². The summed E-state index contributed by atoms with van der Waals surface area (Å²) in [4.78, 5) is 26.5. The largest absolute Gasteiger partial charge is 0.493 e. The molecule has 196 valence electrons. The molecule has 4 rings (SSSR count). The maximum absolute atomic E-state index is 13.4. The number of nitrogens with one attached hydrogen (secondary N) is 1. The molecule has 1 aliphatic rings. The van der Waals surface area contributed by atoms with Crippen molar-refractivity contribution in [2.75, 3.05) is 13.7 Å². The van der Waals surface area contributed by atoms with Crippen LogP contribution in [0.1, 0.15) is 61.9 Å². The molecule has 3 aromatic rings. The van der Waals surface area contributed by atoms with Gasteiger partial charge in [-0.2, -0.15) is 4.80 Å². The number of amides is 1. The molecule has 1 aromatic heterocycles. The molecule has 1 aliphatic carbocycles. The molecule has 0 aliphatic heterocycles. The zero-order valence-electron chi connectivity index (χ0n) is 21.6. The second kappa shape index (κ2) is 11.9. The molecule has 0 radical (unpaired) electrons. The van der Waals surface area contributed by atoms with Gasteiger partial charge in [0.2, 0.25) is 5.82 Å². The molecule has 1 heterocycles. The molecule has 0 saturated heterocycles. The molecule has 1 amide bonds. The lowest BCUT2D eigenvalue weighted by Crippen LogP contribution is -2.44. The number of nitrogens with zero attached hydrogens (tertiary/aromatic N) is 4. The number of rotatable bonds is 9. The molecule has 1 saturated carbocycles. The van der Waals surface area contributed by atoms with Crippen molar-refractivity contribution < 1.29 is 23.8 Å². The standard InChI is InChI=1S/C27H33N5O5/c1-5-32-30-26(29-31-32)19-8-7-9-20(14-19)27(34)28-23-12-11-21(37-17(3)33)16-22(23)18-10-13-24(35-4)25(15-18)36-6-2/h7-10,13-15,21-23H,5-6,11-12,16H2,1-4H3,(H,28,34). The highest BCUT2D eigenvalue weighted by molar-refractivity contribution is 5.95.